The van der Waals surface area contributed by atoms with E-state index in [1.165, 1.54) is 7.11 Å². The largest absolute Gasteiger partial charge is 0.495 e. The number of methoxy groups -OCH3 is 1. The Morgan fingerprint density at radius 2 is 1.95 bits per heavy atom. The number of ether oxygens (including phenoxy) is 1. The molecule has 2 rings (SSSR count). The van der Waals surface area contributed by atoms with Gasteiger partial charge in [-0.1, -0.05) is 12.5 Å². The highest BCUT2D eigenvalue weighted by atomic mass is 32.2. The Bertz CT molecular complexity index is 552. The second kappa shape index (κ2) is 6.56. The minimum absolute atomic E-state index is 0.266. The Kier molecular flexibility index (Phi) is 5.01. The van der Waals surface area contributed by atoms with Crippen LogP contribution in [0.3, 0.4) is 0 Å². The fourth-order valence-electron chi connectivity index (χ4n) is 2.48. The van der Waals surface area contributed by atoms with Crippen LogP contribution in [-0.4, -0.2) is 40.0 Å². The van der Waals surface area contributed by atoms with Crippen molar-refractivity contribution in [3.05, 3.63) is 23.8 Å². The number of nitrogens with zero attached hydrogens (tertiary/aromatic N) is 1. The highest BCUT2D eigenvalue weighted by Gasteiger charge is 2.28. The molecule has 1 heterocycles. The summed E-state index contributed by atoms with van der Waals surface area (Å²) in [6, 6.07) is 5.26. The fraction of sp³-hybridized carbons (Fsp3) is 0.571. The van der Waals surface area contributed by atoms with Crippen molar-refractivity contribution in [2.24, 2.45) is 0 Å². The molecule has 0 aromatic heterocycles. The summed E-state index contributed by atoms with van der Waals surface area (Å²) in [5, 5.41) is 3.04. The Hall–Kier alpha value is -1.11. The number of piperidine rings is 1. The monoisotopic (exact) mass is 298 g/mol. The average Bonchev–Trinajstić information content (AvgIpc) is 2.48. The van der Waals surface area contributed by atoms with Crippen LogP contribution in [0.15, 0.2) is 23.1 Å². The van der Waals surface area contributed by atoms with Gasteiger partial charge in [0.15, 0.2) is 0 Å². The summed E-state index contributed by atoms with van der Waals surface area (Å²) in [4.78, 5) is 0.266. The number of hydrogen-bond acceptors (Lipinski definition) is 4. The number of nitrogens with one attached hydrogen (secondary N) is 1. The van der Waals surface area contributed by atoms with E-state index in [0.29, 0.717) is 25.4 Å². The summed E-state index contributed by atoms with van der Waals surface area (Å²) in [5.74, 6) is 0.420. The molecule has 0 aliphatic carbocycles. The fourth-order valence-corrected chi connectivity index (χ4v) is 4.14. The van der Waals surface area contributed by atoms with E-state index in [4.69, 9.17) is 4.74 Å². The predicted molar refractivity (Wildman–Crippen MR) is 78.4 cm³/mol. The van der Waals surface area contributed by atoms with Crippen LogP contribution in [0.1, 0.15) is 24.8 Å². The molecule has 0 saturated carbocycles. The van der Waals surface area contributed by atoms with Gasteiger partial charge >= 0.3 is 0 Å². The zero-order valence-corrected chi connectivity index (χ0v) is 12.9. The molecule has 1 aromatic rings. The highest BCUT2D eigenvalue weighted by molar-refractivity contribution is 7.89. The lowest BCUT2D eigenvalue weighted by Crippen LogP contribution is -2.35. The van der Waals surface area contributed by atoms with Crippen LogP contribution < -0.4 is 10.1 Å². The lowest BCUT2D eigenvalue weighted by molar-refractivity contribution is 0.342. The summed E-state index contributed by atoms with van der Waals surface area (Å²) in [6.07, 6.45) is 2.96. The van der Waals surface area contributed by atoms with Gasteiger partial charge in [0.05, 0.1) is 7.11 Å². The van der Waals surface area contributed by atoms with E-state index in [2.05, 4.69) is 5.32 Å². The van der Waals surface area contributed by atoms with Crippen molar-refractivity contribution in [2.75, 3.05) is 27.2 Å². The van der Waals surface area contributed by atoms with Crippen LogP contribution in [0, 0.1) is 0 Å². The molecule has 0 unspecified atom stereocenters. The highest BCUT2D eigenvalue weighted by Crippen LogP contribution is 2.29. The molecule has 5 nitrogen and oxygen atoms in total. The Balaban J connectivity index is 2.35. The molecule has 1 aliphatic heterocycles. The molecule has 0 atom stereocenters. The molecule has 6 heteroatoms. The molecule has 20 heavy (non-hydrogen) atoms. The summed E-state index contributed by atoms with van der Waals surface area (Å²) in [6.45, 7) is 1.88. The molecule has 1 aliphatic rings. The molecule has 112 valence electrons. The zero-order valence-electron chi connectivity index (χ0n) is 12.1. The average molecular weight is 298 g/mol. The molecule has 0 radical (unpaired) electrons. The third kappa shape index (κ3) is 3.13. The third-order valence-corrected chi connectivity index (χ3v) is 5.48. The molecule has 0 spiro atoms. The summed E-state index contributed by atoms with van der Waals surface area (Å²) >= 11 is 0. The van der Waals surface area contributed by atoms with Crippen LogP contribution in [-0.2, 0) is 16.6 Å². The van der Waals surface area contributed by atoms with Gasteiger partial charge in [-0.2, -0.15) is 4.31 Å². The van der Waals surface area contributed by atoms with Crippen molar-refractivity contribution < 1.29 is 13.2 Å². The van der Waals surface area contributed by atoms with Gasteiger partial charge in [0.25, 0.3) is 0 Å². The van der Waals surface area contributed by atoms with E-state index in [-0.39, 0.29) is 4.90 Å². The molecule has 1 fully saturated rings. The van der Waals surface area contributed by atoms with Crippen LogP contribution in [0.4, 0.5) is 0 Å². The number of benzene rings is 1. The second-order valence-corrected chi connectivity index (χ2v) is 6.89. The van der Waals surface area contributed by atoms with Gasteiger partial charge in [-0.3, -0.25) is 0 Å². The van der Waals surface area contributed by atoms with Gasteiger partial charge in [0.2, 0.25) is 10.0 Å². The first-order valence-corrected chi connectivity index (χ1v) is 8.35. The summed E-state index contributed by atoms with van der Waals surface area (Å²) in [5.41, 5.74) is 1.00. The molecule has 0 bridgehead atoms. The maximum Gasteiger partial charge on any atom is 0.246 e. The smallest absolute Gasteiger partial charge is 0.246 e. The van der Waals surface area contributed by atoms with E-state index in [1.54, 1.807) is 16.4 Å². The number of sulfonamides is 1. The SMILES string of the molecule is CNCc1ccc(S(=O)(=O)N2CCCCC2)c(OC)c1. The molecular weight excluding hydrogens is 276 g/mol. The van der Waals surface area contributed by atoms with Gasteiger partial charge in [-0.05, 0) is 37.6 Å². The van der Waals surface area contributed by atoms with E-state index in [0.717, 1.165) is 24.8 Å². The molecule has 0 amide bonds. The van der Waals surface area contributed by atoms with Crippen LogP contribution >= 0.6 is 0 Å². The van der Waals surface area contributed by atoms with E-state index < -0.39 is 10.0 Å². The van der Waals surface area contributed by atoms with Crippen molar-refractivity contribution in [2.45, 2.75) is 30.7 Å². The Labute approximate surface area is 121 Å². The van der Waals surface area contributed by atoms with Crippen molar-refractivity contribution in [3.63, 3.8) is 0 Å². The zero-order chi connectivity index (χ0) is 14.6. The lowest BCUT2D eigenvalue weighted by atomic mass is 10.2. The third-order valence-electron chi connectivity index (χ3n) is 3.54. The lowest BCUT2D eigenvalue weighted by Gasteiger charge is -2.26. The van der Waals surface area contributed by atoms with Gasteiger partial charge in [-0.25, -0.2) is 8.42 Å². The topological polar surface area (TPSA) is 58.6 Å². The quantitative estimate of drug-likeness (QED) is 0.897. The Morgan fingerprint density at radius 1 is 1.25 bits per heavy atom. The second-order valence-electron chi connectivity index (χ2n) is 4.98. The summed E-state index contributed by atoms with van der Waals surface area (Å²) in [7, 11) is -0.0889. The van der Waals surface area contributed by atoms with Gasteiger partial charge in [0, 0.05) is 19.6 Å². The maximum atomic E-state index is 12.7. The molecular formula is C14H22N2O3S. The van der Waals surface area contributed by atoms with Gasteiger partial charge in [-0.15, -0.1) is 0 Å². The van der Waals surface area contributed by atoms with Gasteiger partial charge < -0.3 is 10.1 Å². The minimum Gasteiger partial charge on any atom is -0.495 e. The summed E-state index contributed by atoms with van der Waals surface area (Å²) < 4.78 is 32.2. The van der Waals surface area contributed by atoms with Crippen molar-refractivity contribution >= 4 is 10.0 Å². The first kappa shape index (κ1) is 15.3. The first-order chi connectivity index (χ1) is 9.59. The van der Waals surface area contributed by atoms with Crippen LogP contribution in [0.25, 0.3) is 0 Å². The van der Waals surface area contributed by atoms with Crippen molar-refractivity contribution in [3.8, 4) is 5.75 Å². The molecule has 1 N–H and O–H groups in total. The van der Waals surface area contributed by atoms with Crippen molar-refractivity contribution in [1.82, 2.24) is 9.62 Å². The van der Waals surface area contributed by atoms with E-state index >= 15 is 0 Å². The predicted octanol–water partition coefficient (Wildman–Crippen LogP) is 1.59. The molecule has 1 saturated heterocycles. The molecule has 1 aromatic carbocycles. The van der Waals surface area contributed by atoms with E-state index in [1.807, 2.05) is 13.1 Å². The maximum absolute atomic E-state index is 12.7. The standard InChI is InChI=1S/C14H22N2O3S/c1-15-11-12-6-7-14(13(10-12)19-2)20(17,18)16-8-4-3-5-9-16/h6-7,10,15H,3-5,8-9,11H2,1-2H3. The van der Waals surface area contributed by atoms with Crippen LogP contribution in [0.5, 0.6) is 5.75 Å². The van der Waals surface area contributed by atoms with E-state index in [9.17, 15) is 8.42 Å². The van der Waals surface area contributed by atoms with Crippen LogP contribution in [0.2, 0.25) is 0 Å². The normalized spacial score (nSPS) is 17.1. The van der Waals surface area contributed by atoms with Crippen molar-refractivity contribution in [1.29, 1.82) is 0 Å². The number of hydrogen-bond donors (Lipinski definition) is 1. The minimum atomic E-state index is -3.45. The first-order valence-electron chi connectivity index (χ1n) is 6.91. The number of rotatable bonds is 5. The van der Waals surface area contributed by atoms with Gasteiger partial charge in [0.1, 0.15) is 10.6 Å². The Morgan fingerprint density at radius 3 is 2.55 bits per heavy atom.